The zero-order valence-corrected chi connectivity index (χ0v) is 14.6. The molecule has 1 heterocycles. The molecule has 0 saturated carbocycles. The van der Waals surface area contributed by atoms with Crippen LogP contribution in [0.3, 0.4) is 0 Å². The number of thiol groups is 1. The van der Waals surface area contributed by atoms with Gasteiger partial charge in [0.25, 0.3) is 0 Å². The Morgan fingerprint density at radius 1 is 1.25 bits per heavy atom. The van der Waals surface area contributed by atoms with Crippen LogP contribution in [-0.2, 0) is 17.8 Å². The van der Waals surface area contributed by atoms with E-state index in [4.69, 9.17) is 5.11 Å². The van der Waals surface area contributed by atoms with Crippen molar-refractivity contribution in [3.63, 3.8) is 0 Å². The maximum absolute atomic E-state index is 12.7. The van der Waals surface area contributed by atoms with E-state index in [0.29, 0.717) is 17.9 Å². The van der Waals surface area contributed by atoms with E-state index in [1.807, 2.05) is 44.2 Å². The molecule has 0 bridgehead atoms. The summed E-state index contributed by atoms with van der Waals surface area (Å²) >= 11 is 4.32. The van der Waals surface area contributed by atoms with Crippen LogP contribution in [0.4, 0.5) is 0 Å². The number of aromatic nitrogens is 2. The highest BCUT2D eigenvalue weighted by molar-refractivity contribution is 7.80. The zero-order chi connectivity index (χ0) is 17.9. The fourth-order valence-corrected chi connectivity index (χ4v) is 3.17. The monoisotopic (exact) mass is 350 g/mol. The molecule has 0 amide bonds. The third-order valence-corrected chi connectivity index (χ3v) is 4.34. The molecule has 1 atom stereocenters. The molecule has 0 spiro atoms. The molecule has 1 unspecified atom stereocenters. The molecule has 1 aromatic carbocycles. The van der Waals surface area contributed by atoms with Crippen molar-refractivity contribution in [1.82, 2.24) is 9.13 Å². The van der Waals surface area contributed by atoms with Crippen molar-refractivity contribution in [2.24, 2.45) is 0 Å². The summed E-state index contributed by atoms with van der Waals surface area (Å²) in [6.45, 7) is 3.14. The number of nitrogens with zero attached hydrogens (tertiary/aromatic N) is 2. The summed E-state index contributed by atoms with van der Waals surface area (Å²) in [6.07, 6.45) is 0.520. The molecule has 0 aliphatic rings. The first-order chi connectivity index (χ1) is 11.4. The third kappa shape index (κ3) is 3.67. The molecule has 24 heavy (non-hydrogen) atoms. The predicted molar refractivity (Wildman–Crippen MR) is 95.1 cm³/mol. The summed E-state index contributed by atoms with van der Waals surface area (Å²) in [7, 11) is 0. The van der Waals surface area contributed by atoms with E-state index in [1.54, 1.807) is 0 Å². The van der Waals surface area contributed by atoms with E-state index in [2.05, 4.69) is 12.6 Å². The topological polar surface area (TPSA) is 84.5 Å². The Balaban J connectivity index is 2.51. The molecular formula is C17H22N2O4S. The van der Waals surface area contributed by atoms with Gasteiger partial charge in [-0.2, -0.15) is 12.6 Å². The highest BCUT2D eigenvalue weighted by atomic mass is 32.1. The van der Waals surface area contributed by atoms with Crippen LogP contribution in [0, 0.1) is 0 Å². The van der Waals surface area contributed by atoms with E-state index >= 15 is 0 Å². The van der Waals surface area contributed by atoms with Crippen molar-refractivity contribution >= 4 is 18.6 Å². The number of hydrogen-bond donors (Lipinski definition) is 3. The van der Waals surface area contributed by atoms with Gasteiger partial charge in [-0.25, -0.2) is 4.79 Å². The second-order valence-corrected chi connectivity index (χ2v) is 6.39. The molecule has 0 radical (unpaired) electrons. The van der Waals surface area contributed by atoms with E-state index in [0.717, 1.165) is 10.1 Å². The van der Waals surface area contributed by atoms with Crippen molar-refractivity contribution in [3.05, 3.63) is 52.1 Å². The summed E-state index contributed by atoms with van der Waals surface area (Å²) in [6, 6.07) is 9.23. The Morgan fingerprint density at radius 3 is 2.38 bits per heavy atom. The van der Waals surface area contributed by atoms with Gasteiger partial charge >= 0.3 is 11.7 Å². The molecular weight excluding hydrogens is 328 g/mol. The first-order valence-corrected chi connectivity index (χ1v) is 8.40. The maximum atomic E-state index is 12.7. The highest BCUT2D eigenvalue weighted by Gasteiger charge is 2.27. The summed E-state index contributed by atoms with van der Waals surface area (Å²) in [5.41, 5.74) is 0.829. The van der Waals surface area contributed by atoms with Crippen LogP contribution in [0.1, 0.15) is 37.1 Å². The molecule has 0 aliphatic carbocycles. The fraction of sp³-hybridized carbons (Fsp3) is 0.412. The second-order valence-electron chi connectivity index (χ2n) is 6.02. The van der Waals surface area contributed by atoms with Gasteiger partial charge in [-0.3, -0.25) is 13.9 Å². The Morgan fingerprint density at radius 2 is 1.88 bits per heavy atom. The minimum absolute atomic E-state index is 0.175. The second kappa shape index (κ2) is 7.61. The number of aromatic hydroxyl groups is 1. The van der Waals surface area contributed by atoms with Crippen molar-refractivity contribution in [2.45, 2.75) is 38.8 Å². The zero-order valence-electron chi connectivity index (χ0n) is 13.7. The van der Waals surface area contributed by atoms with Crippen LogP contribution in [-0.4, -0.2) is 31.1 Å². The fourth-order valence-electron chi connectivity index (χ4n) is 2.88. The molecule has 6 nitrogen and oxygen atoms in total. The van der Waals surface area contributed by atoms with Gasteiger partial charge in [0, 0.05) is 5.75 Å². The molecule has 130 valence electrons. The Hall–Kier alpha value is -2.15. The van der Waals surface area contributed by atoms with Gasteiger partial charge in [0.15, 0.2) is 0 Å². The average molecular weight is 350 g/mol. The minimum atomic E-state index is -1.12. The van der Waals surface area contributed by atoms with Gasteiger partial charge in [0.05, 0.1) is 11.7 Å². The first-order valence-electron chi connectivity index (χ1n) is 7.77. The normalized spacial score (nSPS) is 12.5. The molecule has 0 saturated heterocycles. The van der Waals surface area contributed by atoms with Gasteiger partial charge in [-0.05, 0) is 17.9 Å². The number of aliphatic carboxylic acids is 1. The first kappa shape index (κ1) is 18.2. The Bertz CT molecular complexity index is 765. The standard InChI is InChI=1S/C17H22N2O4S/c1-11(2)15-16(22)19(17(23)18(15)9-14(20)21)13(10-24)8-12-6-4-3-5-7-12/h3-7,11,13,22,24H,8-10H2,1-2H3,(H,20,21). The van der Waals surface area contributed by atoms with Crippen molar-refractivity contribution < 1.29 is 15.0 Å². The highest BCUT2D eigenvalue weighted by Crippen LogP contribution is 2.28. The van der Waals surface area contributed by atoms with Gasteiger partial charge in [0.2, 0.25) is 5.88 Å². The lowest BCUT2D eigenvalue weighted by Gasteiger charge is -2.16. The number of hydrogen-bond acceptors (Lipinski definition) is 4. The summed E-state index contributed by atoms with van der Waals surface area (Å²) in [4.78, 5) is 23.8. The maximum Gasteiger partial charge on any atom is 0.332 e. The van der Waals surface area contributed by atoms with Crippen LogP contribution in [0.25, 0.3) is 0 Å². The molecule has 2 aromatic rings. The number of carboxylic acid groups (broad SMARTS) is 1. The number of carbonyl (C=O) groups is 1. The van der Waals surface area contributed by atoms with Crippen LogP contribution in [0.15, 0.2) is 35.1 Å². The number of benzene rings is 1. The largest absolute Gasteiger partial charge is 0.493 e. The van der Waals surface area contributed by atoms with Gasteiger partial charge in [0.1, 0.15) is 6.54 Å². The molecule has 0 aliphatic heterocycles. The lowest BCUT2D eigenvalue weighted by molar-refractivity contribution is -0.137. The minimum Gasteiger partial charge on any atom is -0.493 e. The summed E-state index contributed by atoms with van der Waals surface area (Å²) < 4.78 is 2.39. The van der Waals surface area contributed by atoms with E-state index < -0.39 is 18.2 Å². The number of carboxylic acids is 1. The average Bonchev–Trinajstić information content (AvgIpc) is 2.76. The number of imidazole rings is 1. The van der Waals surface area contributed by atoms with Crippen molar-refractivity contribution in [1.29, 1.82) is 0 Å². The van der Waals surface area contributed by atoms with Gasteiger partial charge in [-0.1, -0.05) is 44.2 Å². The van der Waals surface area contributed by atoms with Crippen LogP contribution in [0.2, 0.25) is 0 Å². The molecule has 0 fully saturated rings. The lowest BCUT2D eigenvalue weighted by atomic mass is 10.1. The van der Waals surface area contributed by atoms with E-state index in [-0.39, 0.29) is 17.8 Å². The van der Waals surface area contributed by atoms with E-state index in [1.165, 1.54) is 4.57 Å². The smallest absolute Gasteiger partial charge is 0.332 e. The van der Waals surface area contributed by atoms with Gasteiger partial charge in [-0.15, -0.1) is 0 Å². The summed E-state index contributed by atoms with van der Waals surface area (Å²) in [5.74, 6) is -1.14. The predicted octanol–water partition coefficient (Wildman–Crippen LogP) is 2.28. The van der Waals surface area contributed by atoms with E-state index in [9.17, 15) is 14.7 Å². The summed E-state index contributed by atoms with van der Waals surface area (Å²) in [5, 5.41) is 19.6. The SMILES string of the molecule is CC(C)c1c(O)n(C(CS)Cc2ccccc2)c(=O)n1CC(=O)O. The Kier molecular flexibility index (Phi) is 5.77. The van der Waals surface area contributed by atoms with Crippen LogP contribution >= 0.6 is 12.6 Å². The molecule has 2 rings (SSSR count). The van der Waals surface area contributed by atoms with Crippen LogP contribution < -0.4 is 5.69 Å². The van der Waals surface area contributed by atoms with Crippen LogP contribution in [0.5, 0.6) is 5.88 Å². The molecule has 7 heteroatoms. The van der Waals surface area contributed by atoms with Gasteiger partial charge < -0.3 is 10.2 Å². The quantitative estimate of drug-likeness (QED) is 0.669. The Labute approximate surface area is 145 Å². The molecule has 1 aromatic heterocycles. The number of rotatable bonds is 7. The third-order valence-electron chi connectivity index (χ3n) is 3.92. The van der Waals surface area contributed by atoms with Crippen molar-refractivity contribution in [2.75, 3.05) is 5.75 Å². The molecule has 2 N–H and O–H groups in total. The van der Waals surface area contributed by atoms with Crippen molar-refractivity contribution in [3.8, 4) is 5.88 Å². The lowest BCUT2D eigenvalue weighted by Crippen LogP contribution is -2.31.